The van der Waals surface area contributed by atoms with Crippen LogP contribution in [0, 0.1) is 11.6 Å². The number of hydrogen-bond donors (Lipinski definition) is 1. The Hall–Kier alpha value is -3.52. The number of piperidine rings is 1. The molecule has 2 saturated heterocycles. The molecule has 1 aromatic heterocycles. The van der Waals surface area contributed by atoms with Crippen LogP contribution in [0.3, 0.4) is 0 Å². The molecule has 0 saturated carbocycles. The van der Waals surface area contributed by atoms with E-state index in [1.807, 2.05) is 29.2 Å². The number of anilines is 1. The first-order valence-corrected chi connectivity index (χ1v) is 12.4. The monoisotopic (exact) mass is 492 g/mol. The van der Waals surface area contributed by atoms with Gasteiger partial charge in [-0.15, -0.1) is 0 Å². The second-order valence-electron chi connectivity index (χ2n) is 9.52. The van der Waals surface area contributed by atoms with Gasteiger partial charge >= 0.3 is 0 Å². The molecule has 0 atom stereocenters. The molecule has 0 aliphatic carbocycles. The molecule has 2 aromatic carbocycles. The van der Waals surface area contributed by atoms with Crippen molar-refractivity contribution in [3.8, 4) is 16.9 Å². The third-order valence-electron chi connectivity index (χ3n) is 7.07. The normalized spacial score (nSPS) is 16.9. The highest BCUT2D eigenvalue weighted by Crippen LogP contribution is 2.29. The number of carbonyl (C=O) groups is 1. The van der Waals surface area contributed by atoms with Crippen LogP contribution in [0.5, 0.6) is 5.75 Å². The quantitative estimate of drug-likeness (QED) is 0.531. The van der Waals surface area contributed by atoms with Gasteiger partial charge in [-0.05, 0) is 80.2 Å². The van der Waals surface area contributed by atoms with E-state index in [0.717, 1.165) is 43.1 Å². The van der Waals surface area contributed by atoms with Gasteiger partial charge in [0.2, 0.25) is 0 Å². The summed E-state index contributed by atoms with van der Waals surface area (Å²) >= 11 is 0. The van der Waals surface area contributed by atoms with Crippen LogP contribution in [-0.4, -0.2) is 52.9 Å². The standard InChI is InChI=1S/C28H30F2N4O2/c29-23-13-19(14-24(30)16-23)18-36-26-15-22(17-32-27(26)31)20-3-5-21(6-4-20)28(35)34-11-7-25(8-12-34)33-9-1-2-10-33/h3-6,13-17,25H,1-2,7-12,18H2,(H2,31,32). The van der Waals surface area contributed by atoms with Gasteiger partial charge in [-0.1, -0.05) is 12.1 Å². The zero-order chi connectivity index (χ0) is 25.1. The van der Waals surface area contributed by atoms with Gasteiger partial charge < -0.3 is 20.3 Å². The second-order valence-corrected chi connectivity index (χ2v) is 9.52. The Bertz CT molecular complexity index is 1200. The molecule has 2 fully saturated rings. The van der Waals surface area contributed by atoms with E-state index in [0.29, 0.717) is 22.9 Å². The van der Waals surface area contributed by atoms with Gasteiger partial charge in [0.15, 0.2) is 11.6 Å². The summed E-state index contributed by atoms with van der Waals surface area (Å²) in [6.45, 7) is 3.91. The Balaban J connectivity index is 1.22. The largest absolute Gasteiger partial charge is 0.485 e. The lowest BCUT2D eigenvalue weighted by atomic mass is 10.0. The molecule has 188 valence electrons. The zero-order valence-corrected chi connectivity index (χ0v) is 20.1. The van der Waals surface area contributed by atoms with Gasteiger partial charge in [-0.3, -0.25) is 4.79 Å². The first kappa shape index (κ1) is 24.2. The van der Waals surface area contributed by atoms with Crippen LogP contribution in [0.15, 0.2) is 54.7 Å². The number of nitrogen functional groups attached to an aromatic ring is 1. The van der Waals surface area contributed by atoms with Gasteiger partial charge in [0, 0.05) is 42.5 Å². The molecule has 0 bridgehead atoms. The molecule has 0 unspecified atom stereocenters. The maximum absolute atomic E-state index is 13.4. The van der Waals surface area contributed by atoms with E-state index in [1.54, 1.807) is 12.3 Å². The highest BCUT2D eigenvalue weighted by atomic mass is 19.1. The highest BCUT2D eigenvalue weighted by Gasteiger charge is 2.28. The molecule has 5 rings (SSSR count). The van der Waals surface area contributed by atoms with Crippen molar-refractivity contribution in [3.05, 3.63) is 77.5 Å². The molecule has 3 heterocycles. The van der Waals surface area contributed by atoms with Crippen molar-refractivity contribution in [1.82, 2.24) is 14.8 Å². The fourth-order valence-electron chi connectivity index (χ4n) is 5.11. The average molecular weight is 493 g/mol. The number of pyridine rings is 1. The van der Waals surface area contributed by atoms with E-state index in [2.05, 4.69) is 9.88 Å². The third-order valence-corrected chi connectivity index (χ3v) is 7.07. The molecule has 2 N–H and O–H groups in total. The SMILES string of the molecule is Nc1ncc(-c2ccc(C(=O)N3CCC(N4CCCC4)CC3)cc2)cc1OCc1cc(F)cc(F)c1. The van der Waals surface area contributed by atoms with E-state index in [9.17, 15) is 13.6 Å². The molecule has 1 amide bonds. The predicted molar refractivity (Wildman–Crippen MR) is 135 cm³/mol. The summed E-state index contributed by atoms with van der Waals surface area (Å²) in [5.74, 6) is -0.778. The number of ether oxygens (including phenoxy) is 1. The fourth-order valence-corrected chi connectivity index (χ4v) is 5.11. The first-order valence-electron chi connectivity index (χ1n) is 12.4. The second kappa shape index (κ2) is 10.6. The number of amides is 1. The van der Waals surface area contributed by atoms with Gasteiger partial charge in [0.25, 0.3) is 5.91 Å². The van der Waals surface area contributed by atoms with Crippen molar-refractivity contribution in [2.75, 3.05) is 31.9 Å². The fraction of sp³-hybridized carbons (Fsp3) is 0.357. The lowest BCUT2D eigenvalue weighted by Gasteiger charge is -2.36. The Kier molecular flexibility index (Phi) is 7.13. The minimum Gasteiger partial charge on any atom is -0.485 e. The van der Waals surface area contributed by atoms with Gasteiger partial charge in [0.1, 0.15) is 18.2 Å². The minimum absolute atomic E-state index is 0.0497. The Morgan fingerprint density at radius 3 is 2.28 bits per heavy atom. The van der Waals surface area contributed by atoms with Crippen molar-refractivity contribution in [2.24, 2.45) is 0 Å². The van der Waals surface area contributed by atoms with E-state index in [1.165, 1.54) is 38.1 Å². The van der Waals surface area contributed by atoms with Gasteiger partial charge in [-0.2, -0.15) is 0 Å². The molecule has 2 aliphatic rings. The summed E-state index contributed by atoms with van der Waals surface area (Å²) < 4.78 is 32.6. The van der Waals surface area contributed by atoms with Crippen LogP contribution >= 0.6 is 0 Å². The van der Waals surface area contributed by atoms with Crippen LogP contribution in [0.1, 0.15) is 41.6 Å². The number of nitrogens with two attached hydrogens (primary N) is 1. The van der Waals surface area contributed by atoms with E-state index >= 15 is 0 Å². The number of hydrogen-bond acceptors (Lipinski definition) is 5. The van der Waals surface area contributed by atoms with E-state index in [-0.39, 0.29) is 18.3 Å². The number of halogens is 2. The summed E-state index contributed by atoms with van der Waals surface area (Å²) in [6, 6.07) is 13.0. The molecule has 8 heteroatoms. The number of rotatable bonds is 6. The van der Waals surface area contributed by atoms with Crippen molar-refractivity contribution in [3.63, 3.8) is 0 Å². The molecule has 0 radical (unpaired) electrons. The van der Waals surface area contributed by atoms with Crippen LogP contribution in [-0.2, 0) is 6.61 Å². The summed E-state index contributed by atoms with van der Waals surface area (Å²) in [5.41, 5.74) is 8.57. The number of carbonyl (C=O) groups excluding carboxylic acids is 1. The van der Waals surface area contributed by atoms with Crippen LogP contribution < -0.4 is 10.5 Å². The van der Waals surface area contributed by atoms with Gasteiger partial charge in [0.05, 0.1) is 0 Å². The molecule has 0 spiro atoms. The zero-order valence-electron chi connectivity index (χ0n) is 20.1. The first-order chi connectivity index (χ1) is 17.5. The van der Waals surface area contributed by atoms with E-state index in [4.69, 9.17) is 10.5 Å². The Labute approximate surface area is 209 Å². The summed E-state index contributed by atoms with van der Waals surface area (Å²) in [5, 5.41) is 0. The van der Waals surface area contributed by atoms with Crippen LogP contribution in [0.4, 0.5) is 14.6 Å². The van der Waals surface area contributed by atoms with Crippen LogP contribution in [0.25, 0.3) is 11.1 Å². The van der Waals surface area contributed by atoms with Crippen molar-refractivity contribution >= 4 is 11.7 Å². The summed E-state index contributed by atoms with van der Waals surface area (Å²) in [6.07, 6.45) is 6.27. The predicted octanol–water partition coefficient (Wildman–Crippen LogP) is 4.89. The average Bonchev–Trinajstić information content (AvgIpc) is 3.43. The van der Waals surface area contributed by atoms with Crippen molar-refractivity contribution in [2.45, 2.75) is 38.3 Å². The molecule has 2 aliphatic heterocycles. The van der Waals surface area contributed by atoms with Crippen molar-refractivity contribution < 1.29 is 18.3 Å². The molecule has 36 heavy (non-hydrogen) atoms. The number of likely N-dealkylation sites (tertiary alicyclic amines) is 2. The highest BCUT2D eigenvalue weighted by molar-refractivity contribution is 5.94. The minimum atomic E-state index is -0.668. The smallest absolute Gasteiger partial charge is 0.253 e. The molecule has 6 nitrogen and oxygen atoms in total. The molecular weight excluding hydrogens is 462 g/mol. The number of aromatic nitrogens is 1. The summed E-state index contributed by atoms with van der Waals surface area (Å²) in [7, 11) is 0. The number of benzene rings is 2. The maximum atomic E-state index is 13.4. The lowest BCUT2D eigenvalue weighted by Crippen LogP contribution is -2.45. The Morgan fingerprint density at radius 2 is 1.61 bits per heavy atom. The number of nitrogens with zero attached hydrogens (tertiary/aromatic N) is 3. The summed E-state index contributed by atoms with van der Waals surface area (Å²) in [4.78, 5) is 21.8. The topological polar surface area (TPSA) is 71.7 Å². The third kappa shape index (κ3) is 5.49. The lowest BCUT2D eigenvalue weighted by molar-refractivity contribution is 0.0644. The van der Waals surface area contributed by atoms with Crippen LogP contribution in [0.2, 0.25) is 0 Å². The Morgan fingerprint density at radius 1 is 0.944 bits per heavy atom. The van der Waals surface area contributed by atoms with E-state index < -0.39 is 11.6 Å². The van der Waals surface area contributed by atoms with Gasteiger partial charge in [-0.25, -0.2) is 13.8 Å². The maximum Gasteiger partial charge on any atom is 0.253 e. The molecule has 3 aromatic rings. The van der Waals surface area contributed by atoms with Crippen molar-refractivity contribution in [1.29, 1.82) is 0 Å². The molecular formula is C28H30F2N4O2.